The number of hydrogen-bond acceptors (Lipinski definition) is 3. The molecule has 0 fully saturated rings. The van der Waals surface area contributed by atoms with Crippen LogP contribution < -0.4 is 10.5 Å². The number of ether oxygens (including phenoxy) is 1. The first-order chi connectivity index (χ1) is 9.71. The number of rotatable bonds is 7. The van der Waals surface area contributed by atoms with Crippen LogP contribution >= 0.6 is 0 Å². The molecule has 1 aromatic carbocycles. The molecule has 0 aromatic heterocycles. The number of benzene rings is 1. The van der Waals surface area contributed by atoms with Crippen molar-refractivity contribution in [1.29, 1.82) is 0 Å². The summed E-state index contributed by atoms with van der Waals surface area (Å²) < 4.78 is 40.3. The largest absolute Gasteiger partial charge is 0.573 e. The smallest absolute Gasteiger partial charge is 0.481 e. The molecule has 0 saturated carbocycles. The van der Waals surface area contributed by atoms with E-state index < -0.39 is 18.2 Å². The van der Waals surface area contributed by atoms with Crippen molar-refractivity contribution in [2.24, 2.45) is 17.6 Å². The number of halogens is 3. The average Bonchev–Trinajstić information content (AvgIpc) is 2.33. The van der Waals surface area contributed by atoms with Crippen LogP contribution in [0.3, 0.4) is 0 Å². The Morgan fingerprint density at radius 2 is 2.10 bits per heavy atom. The Balaban J connectivity index is 2.66. The highest BCUT2D eigenvalue weighted by molar-refractivity contribution is 5.70. The normalized spacial score (nSPS) is 14.5. The maximum Gasteiger partial charge on any atom is 0.573 e. The van der Waals surface area contributed by atoms with Crippen LogP contribution in [0.4, 0.5) is 13.2 Å². The summed E-state index contributed by atoms with van der Waals surface area (Å²) in [7, 11) is 0. The highest BCUT2D eigenvalue weighted by atomic mass is 19.4. The summed E-state index contributed by atoms with van der Waals surface area (Å²) in [6.07, 6.45) is -3.90. The fraction of sp³-hybridized carbons (Fsp3) is 0.500. The molecular formula is C14H18F3NO3. The third-order valence-electron chi connectivity index (χ3n) is 3.04. The summed E-state index contributed by atoms with van der Waals surface area (Å²) in [5.74, 6) is -1.90. The summed E-state index contributed by atoms with van der Waals surface area (Å²) in [5, 5.41) is 8.93. The lowest BCUT2D eigenvalue weighted by Gasteiger charge is -2.17. The molecule has 0 heterocycles. The van der Waals surface area contributed by atoms with Crippen LogP contribution in [-0.4, -0.2) is 24.0 Å². The van der Waals surface area contributed by atoms with Crippen LogP contribution in [-0.2, 0) is 11.2 Å². The molecule has 0 radical (unpaired) electrons. The van der Waals surface area contributed by atoms with E-state index in [1.165, 1.54) is 18.2 Å². The standard InChI is InChI=1S/C14H18F3NO3/c1-9(6-11(8-18)13(19)20)5-10-3-2-4-12(7-10)21-14(15,16)17/h2-4,7,9,11H,5-6,8,18H2,1H3,(H,19,20). The van der Waals surface area contributed by atoms with Gasteiger partial charge in [0.2, 0.25) is 0 Å². The number of carboxylic acids is 1. The molecule has 2 atom stereocenters. The van der Waals surface area contributed by atoms with Gasteiger partial charge in [-0.25, -0.2) is 0 Å². The average molecular weight is 305 g/mol. The lowest BCUT2D eigenvalue weighted by atomic mass is 9.91. The van der Waals surface area contributed by atoms with E-state index in [9.17, 15) is 18.0 Å². The Bertz CT molecular complexity index is 477. The van der Waals surface area contributed by atoms with Crippen molar-refractivity contribution in [3.8, 4) is 5.75 Å². The van der Waals surface area contributed by atoms with E-state index in [1.54, 1.807) is 6.07 Å². The van der Waals surface area contributed by atoms with Gasteiger partial charge in [0.05, 0.1) is 5.92 Å². The molecule has 0 amide bonds. The van der Waals surface area contributed by atoms with Crippen molar-refractivity contribution in [3.63, 3.8) is 0 Å². The second-order valence-corrected chi connectivity index (χ2v) is 5.01. The van der Waals surface area contributed by atoms with Crippen LogP contribution in [0.25, 0.3) is 0 Å². The SMILES string of the molecule is CC(Cc1cccc(OC(F)(F)F)c1)CC(CN)C(=O)O. The minimum atomic E-state index is -4.72. The number of nitrogens with two attached hydrogens (primary N) is 1. The first kappa shape index (κ1) is 17.3. The Morgan fingerprint density at radius 3 is 2.62 bits per heavy atom. The fourth-order valence-corrected chi connectivity index (χ4v) is 2.14. The van der Waals surface area contributed by atoms with Crippen LogP contribution in [0.2, 0.25) is 0 Å². The Hall–Kier alpha value is -1.76. The van der Waals surface area contributed by atoms with Crippen LogP contribution in [0.1, 0.15) is 18.9 Å². The van der Waals surface area contributed by atoms with Gasteiger partial charge in [-0.1, -0.05) is 19.1 Å². The number of carbonyl (C=O) groups is 1. The van der Waals surface area contributed by atoms with E-state index in [2.05, 4.69) is 4.74 Å². The molecule has 0 aliphatic heterocycles. The molecule has 1 rings (SSSR count). The maximum atomic E-state index is 12.1. The third-order valence-corrected chi connectivity index (χ3v) is 3.04. The highest BCUT2D eigenvalue weighted by Crippen LogP contribution is 2.25. The minimum absolute atomic E-state index is 0.0178. The molecule has 0 saturated heterocycles. The maximum absolute atomic E-state index is 12.1. The van der Waals surface area contributed by atoms with Crippen molar-refractivity contribution >= 4 is 5.97 Å². The van der Waals surface area contributed by atoms with E-state index in [0.717, 1.165) is 0 Å². The van der Waals surface area contributed by atoms with Gasteiger partial charge in [0.1, 0.15) is 5.75 Å². The molecule has 3 N–H and O–H groups in total. The third kappa shape index (κ3) is 6.48. The van der Waals surface area contributed by atoms with Gasteiger partial charge in [-0.05, 0) is 36.5 Å². The Kier molecular flexibility index (Phi) is 6.02. The first-order valence-electron chi connectivity index (χ1n) is 6.49. The van der Waals surface area contributed by atoms with Gasteiger partial charge in [0, 0.05) is 6.54 Å². The fourth-order valence-electron chi connectivity index (χ4n) is 2.14. The van der Waals surface area contributed by atoms with Crippen molar-refractivity contribution in [2.75, 3.05) is 6.54 Å². The molecule has 0 aliphatic rings. The summed E-state index contributed by atoms with van der Waals surface area (Å²) in [6.45, 7) is 1.87. The molecular weight excluding hydrogens is 287 g/mol. The molecule has 0 aliphatic carbocycles. The zero-order valence-electron chi connectivity index (χ0n) is 11.6. The predicted octanol–water partition coefficient (Wildman–Crippen LogP) is 2.81. The Morgan fingerprint density at radius 1 is 1.43 bits per heavy atom. The van der Waals surface area contributed by atoms with E-state index in [-0.39, 0.29) is 18.2 Å². The zero-order valence-corrected chi connectivity index (χ0v) is 11.6. The molecule has 118 valence electrons. The van der Waals surface area contributed by atoms with E-state index in [1.807, 2.05) is 6.92 Å². The van der Waals surface area contributed by atoms with Gasteiger partial charge in [0.25, 0.3) is 0 Å². The summed E-state index contributed by atoms with van der Waals surface area (Å²) in [5.41, 5.74) is 6.04. The van der Waals surface area contributed by atoms with Crippen LogP contribution in [0.15, 0.2) is 24.3 Å². The predicted molar refractivity (Wildman–Crippen MR) is 70.8 cm³/mol. The van der Waals surface area contributed by atoms with Gasteiger partial charge >= 0.3 is 12.3 Å². The molecule has 4 nitrogen and oxygen atoms in total. The molecule has 7 heteroatoms. The number of hydrogen-bond donors (Lipinski definition) is 2. The van der Waals surface area contributed by atoms with E-state index >= 15 is 0 Å². The van der Waals surface area contributed by atoms with Gasteiger partial charge in [-0.2, -0.15) is 0 Å². The number of alkyl halides is 3. The lowest BCUT2D eigenvalue weighted by molar-refractivity contribution is -0.274. The lowest BCUT2D eigenvalue weighted by Crippen LogP contribution is -2.25. The highest BCUT2D eigenvalue weighted by Gasteiger charge is 2.31. The summed E-state index contributed by atoms with van der Waals surface area (Å²) >= 11 is 0. The molecule has 0 spiro atoms. The second kappa shape index (κ2) is 7.31. The quantitative estimate of drug-likeness (QED) is 0.812. The van der Waals surface area contributed by atoms with Crippen LogP contribution in [0.5, 0.6) is 5.75 Å². The van der Waals surface area contributed by atoms with Crippen molar-refractivity contribution < 1.29 is 27.8 Å². The van der Waals surface area contributed by atoms with Gasteiger partial charge in [-0.3, -0.25) is 4.79 Å². The van der Waals surface area contributed by atoms with Crippen molar-refractivity contribution in [2.45, 2.75) is 26.1 Å². The van der Waals surface area contributed by atoms with Crippen LogP contribution in [0, 0.1) is 11.8 Å². The topological polar surface area (TPSA) is 72.5 Å². The first-order valence-corrected chi connectivity index (χ1v) is 6.49. The van der Waals surface area contributed by atoms with Crippen molar-refractivity contribution in [1.82, 2.24) is 0 Å². The summed E-state index contributed by atoms with van der Waals surface area (Å²) in [4.78, 5) is 10.9. The molecule has 0 bridgehead atoms. The Labute approximate surface area is 120 Å². The monoisotopic (exact) mass is 305 g/mol. The second-order valence-electron chi connectivity index (χ2n) is 5.01. The van der Waals surface area contributed by atoms with E-state index in [4.69, 9.17) is 10.8 Å². The van der Waals surface area contributed by atoms with E-state index in [0.29, 0.717) is 18.4 Å². The van der Waals surface area contributed by atoms with Gasteiger partial charge in [-0.15, -0.1) is 13.2 Å². The minimum Gasteiger partial charge on any atom is -0.481 e. The summed E-state index contributed by atoms with van der Waals surface area (Å²) in [6, 6.07) is 5.68. The number of aliphatic carboxylic acids is 1. The van der Waals surface area contributed by atoms with Crippen molar-refractivity contribution in [3.05, 3.63) is 29.8 Å². The molecule has 21 heavy (non-hydrogen) atoms. The number of carboxylic acid groups (broad SMARTS) is 1. The van der Waals surface area contributed by atoms with Gasteiger partial charge < -0.3 is 15.6 Å². The van der Waals surface area contributed by atoms with Gasteiger partial charge in [0.15, 0.2) is 0 Å². The zero-order chi connectivity index (χ0) is 16.0. The molecule has 2 unspecified atom stereocenters. The molecule has 1 aromatic rings.